The Morgan fingerprint density at radius 2 is 2.06 bits per heavy atom. The average molecular weight is 228 g/mol. The molecule has 90 valence electrons. The van der Waals surface area contributed by atoms with E-state index >= 15 is 0 Å². The average Bonchev–Trinajstić information content (AvgIpc) is 2.82. The van der Waals surface area contributed by atoms with Gasteiger partial charge in [0.25, 0.3) is 0 Å². The fourth-order valence-electron chi connectivity index (χ4n) is 1.99. The summed E-state index contributed by atoms with van der Waals surface area (Å²) in [5, 5.41) is 3.41. The van der Waals surface area contributed by atoms with Crippen LogP contribution in [0.2, 0.25) is 0 Å². The van der Waals surface area contributed by atoms with Crippen LogP contribution < -0.4 is 5.32 Å². The first-order valence-electron chi connectivity index (χ1n) is 6.33. The van der Waals surface area contributed by atoms with Crippen LogP contribution in [0.1, 0.15) is 32.3 Å². The van der Waals surface area contributed by atoms with E-state index in [9.17, 15) is 0 Å². The molecule has 1 aliphatic heterocycles. The van der Waals surface area contributed by atoms with E-state index in [1.165, 1.54) is 17.7 Å². The zero-order chi connectivity index (χ0) is 12.1. The van der Waals surface area contributed by atoms with Crippen LogP contribution in [0.5, 0.6) is 0 Å². The first-order valence-corrected chi connectivity index (χ1v) is 6.33. The number of allylic oxidation sites excluding steroid dienone is 2. The summed E-state index contributed by atoms with van der Waals surface area (Å²) >= 11 is 0. The minimum absolute atomic E-state index is 0.323. The predicted molar refractivity (Wildman–Crippen MR) is 73.4 cm³/mol. The monoisotopic (exact) mass is 228 g/mol. The number of benzene rings is 1. The highest BCUT2D eigenvalue weighted by molar-refractivity contribution is 6.09. The van der Waals surface area contributed by atoms with Gasteiger partial charge in [-0.2, -0.15) is 0 Å². The Morgan fingerprint density at radius 1 is 1.29 bits per heavy atom. The van der Waals surface area contributed by atoms with Gasteiger partial charge in [-0.3, -0.25) is 4.99 Å². The molecular weight excluding hydrogens is 208 g/mol. The second kappa shape index (κ2) is 5.67. The maximum Gasteiger partial charge on any atom is 0.0666 e. The third-order valence-electron chi connectivity index (χ3n) is 2.75. The molecule has 0 spiro atoms. The van der Waals surface area contributed by atoms with Crippen molar-refractivity contribution in [3.05, 3.63) is 47.7 Å². The molecule has 17 heavy (non-hydrogen) atoms. The lowest BCUT2D eigenvalue weighted by atomic mass is 10.1. The van der Waals surface area contributed by atoms with Crippen LogP contribution in [0, 0.1) is 0 Å². The van der Waals surface area contributed by atoms with Gasteiger partial charge in [-0.15, -0.1) is 0 Å². The molecular formula is C15H20N2. The molecule has 2 nitrogen and oxygen atoms in total. The van der Waals surface area contributed by atoms with Crippen LogP contribution in [0.25, 0.3) is 0 Å². The molecule has 0 atom stereocenters. The van der Waals surface area contributed by atoms with Gasteiger partial charge in [-0.1, -0.05) is 30.3 Å². The third-order valence-corrected chi connectivity index (χ3v) is 2.75. The third kappa shape index (κ3) is 3.45. The van der Waals surface area contributed by atoms with Crippen molar-refractivity contribution in [2.45, 2.75) is 32.7 Å². The molecule has 1 N–H and O–H groups in total. The van der Waals surface area contributed by atoms with E-state index < -0.39 is 0 Å². The van der Waals surface area contributed by atoms with Crippen LogP contribution in [0.3, 0.4) is 0 Å². The van der Waals surface area contributed by atoms with E-state index in [0.29, 0.717) is 6.04 Å². The molecule has 1 aromatic rings. The number of hydrogen-bond donors (Lipinski definition) is 1. The van der Waals surface area contributed by atoms with Crippen LogP contribution in [-0.4, -0.2) is 18.3 Å². The van der Waals surface area contributed by atoms with Gasteiger partial charge in [0.1, 0.15) is 0 Å². The zero-order valence-electron chi connectivity index (χ0n) is 10.6. The molecule has 1 heterocycles. The molecule has 0 amide bonds. The molecule has 1 aromatic carbocycles. The van der Waals surface area contributed by atoms with Crippen molar-refractivity contribution >= 4 is 5.71 Å². The van der Waals surface area contributed by atoms with Gasteiger partial charge >= 0.3 is 0 Å². The summed E-state index contributed by atoms with van der Waals surface area (Å²) in [7, 11) is 0. The maximum absolute atomic E-state index is 4.71. The van der Waals surface area contributed by atoms with Crippen LogP contribution in [0.4, 0.5) is 0 Å². The van der Waals surface area contributed by atoms with Gasteiger partial charge in [-0.25, -0.2) is 0 Å². The summed E-state index contributed by atoms with van der Waals surface area (Å²) in [6.45, 7) is 5.32. The quantitative estimate of drug-likeness (QED) is 0.790. The molecule has 0 radical (unpaired) electrons. The van der Waals surface area contributed by atoms with Crippen LogP contribution in [-0.2, 0) is 0 Å². The topological polar surface area (TPSA) is 24.4 Å². The molecule has 1 fully saturated rings. The molecule has 0 aromatic heterocycles. The minimum atomic E-state index is 0.323. The highest BCUT2D eigenvalue weighted by Gasteiger charge is 2.08. The van der Waals surface area contributed by atoms with E-state index in [1.54, 1.807) is 0 Å². The summed E-state index contributed by atoms with van der Waals surface area (Å²) < 4.78 is 0. The van der Waals surface area contributed by atoms with Crippen LogP contribution in [0.15, 0.2) is 47.1 Å². The Bertz CT molecular complexity index is 408. The van der Waals surface area contributed by atoms with Gasteiger partial charge in [0.05, 0.1) is 5.71 Å². The van der Waals surface area contributed by atoms with Crippen molar-refractivity contribution in [3.63, 3.8) is 0 Å². The zero-order valence-corrected chi connectivity index (χ0v) is 10.6. The van der Waals surface area contributed by atoms with Crippen molar-refractivity contribution in [3.8, 4) is 0 Å². The summed E-state index contributed by atoms with van der Waals surface area (Å²) in [5.41, 5.74) is 3.60. The molecule has 1 aliphatic rings. The van der Waals surface area contributed by atoms with Crippen molar-refractivity contribution < 1.29 is 0 Å². The highest BCUT2D eigenvalue weighted by atomic mass is 14.9. The standard InChI is InChI=1S/C15H20N2/c1-12(2)17-15(11-14-9-6-10-16-14)13-7-4-3-5-8-13/h3-5,7-8,11-12,16H,6,9-10H2,1-2H3/b14-11+,17-15?. The smallest absolute Gasteiger partial charge is 0.0666 e. The summed E-state index contributed by atoms with van der Waals surface area (Å²) in [4.78, 5) is 4.71. The lowest BCUT2D eigenvalue weighted by molar-refractivity contribution is 0.837. The maximum atomic E-state index is 4.71. The molecule has 2 heteroatoms. The normalized spacial score (nSPS) is 18.8. The van der Waals surface area contributed by atoms with E-state index in [4.69, 9.17) is 4.99 Å². The van der Waals surface area contributed by atoms with Gasteiger partial charge in [0, 0.05) is 18.3 Å². The number of aliphatic imine (C=N–C) groups is 1. The fraction of sp³-hybridized carbons (Fsp3) is 0.400. The van der Waals surface area contributed by atoms with Crippen molar-refractivity contribution in [1.29, 1.82) is 0 Å². The minimum Gasteiger partial charge on any atom is -0.388 e. The Labute approximate surface area is 103 Å². The lowest BCUT2D eigenvalue weighted by Crippen LogP contribution is -2.08. The summed E-state index contributed by atoms with van der Waals surface area (Å²) in [6.07, 6.45) is 4.57. The molecule has 0 unspecified atom stereocenters. The van der Waals surface area contributed by atoms with Gasteiger partial charge < -0.3 is 5.32 Å². The molecule has 2 rings (SSSR count). The molecule has 0 saturated carbocycles. The van der Waals surface area contributed by atoms with Crippen LogP contribution >= 0.6 is 0 Å². The SMILES string of the molecule is CC(C)N=C(/C=C1\CCCN1)c1ccccc1. The van der Waals surface area contributed by atoms with Gasteiger partial charge in [-0.05, 0) is 38.3 Å². The first-order chi connectivity index (χ1) is 8.25. The van der Waals surface area contributed by atoms with E-state index in [0.717, 1.165) is 18.7 Å². The largest absolute Gasteiger partial charge is 0.388 e. The lowest BCUT2D eigenvalue weighted by Gasteiger charge is -2.06. The first kappa shape index (κ1) is 11.9. The number of hydrogen-bond acceptors (Lipinski definition) is 2. The number of rotatable bonds is 3. The predicted octanol–water partition coefficient (Wildman–Crippen LogP) is 3.15. The molecule has 0 bridgehead atoms. The van der Waals surface area contributed by atoms with Gasteiger partial charge in [0.15, 0.2) is 0 Å². The Hall–Kier alpha value is -1.57. The van der Waals surface area contributed by atoms with Crippen molar-refractivity contribution in [2.75, 3.05) is 6.54 Å². The number of nitrogens with one attached hydrogen (secondary N) is 1. The Balaban J connectivity index is 2.29. The number of nitrogens with zero attached hydrogens (tertiary/aromatic N) is 1. The summed E-state index contributed by atoms with van der Waals surface area (Å²) in [6, 6.07) is 10.7. The van der Waals surface area contributed by atoms with E-state index in [-0.39, 0.29) is 0 Å². The highest BCUT2D eigenvalue weighted by Crippen LogP contribution is 2.12. The van der Waals surface area contributed by atoms with E-state index in [1.807, 2.05) is 6.07 Å². The second-order valence-electron chi connectivity index (χ2n) is 4.67. The van der Waals surface area contributed by atoms with Crippen molar-refractivity contribution in [2.24, 2.45) is 4.99 Å². The fourth-order valence-corrected chi connectivity index (χ4v) is 1.99. The second-order valence-corrected chi connectivity index (χ2v) is 4.67. The molecule has 0 aliphatic carbocycles. The van der Waals surface area contributed by atoms with E-state index in [2.05, 4.69) is 49.5 Å². The Kier molecular flexibility index (Phi) is 3.97. The Morgan fingerprint density at radius 3 is 2.65 bits per heavy atom. The molecule has 1 saturated heterocycles. The summed E-state index contributed by atoms with van der Waals surface area (Å²) in [5.74, 6) is 0. The van der Waals surface area contributed by atoms with Crippen molar-refractivity contribution in [1.82, 2.24) is 5.32 Å². The van der Waals surface area contributed by atoms with Gasteiger partial charge in [0.2, 0.25) is 0 Å².